The molecule has 0 fully saturated rings. The first kappa shape index (κ1) is 7.36. The Kier molecular flexibility index (Phi) is 2.52. The zero-order valence-corrected chi connectivity index (χ0v) is 6.36. The molecule has 10 heavy (non-hydrogen) atoms. The van der Waals surface area contributed by atoms with E-state index in [0.717, 1.165) is 17.0 Å². The average Bonchev–Trinajstić information content (AvgIpc) is 1.94. The number of allylic oxidation sites excluding steroid dienone is 1. The molecular formula is C9H8Cl. The summed E-state index contributed by atoms with van der Waals surface area (Å²) in [5, 5.41) is 0.766. The number of rotatable bonds is 2. The minimum atomic E-state index is 0.766. The lowest BCUT2D eigenvalue weighted by atomic mass is 10.1. The highest BCUT2D eigenvalue weighted by Gasteiger charge is 1.93. The predicted octanol–water partition coefficient (Wildman–Crippen LogP) is 2.87. The molecule has 0 spiro atoms. The lowest BCUT2D eigenvalue weighted by Gasteiger charge is -1.96. The molecule has 0 saturated heterocycles. The van der Waals surface area contributed by atoms with E-state index in [2.05, 4.69) is 12.6 Å². The van der Waals surface area contributed by atoms with E-state index in [0.29, 0.717) is 0 Å². The van der Waals surface area contributed by atoms with Crippen LogP contribution in [0, 0.1) is 6.07 Å². The van der Waals surface area contributed by atoms with Crippen molar-refractivity contribution < 1.29 is 0 Å². The smallest absolute Gasteiger partial charge is 0.0447 e. The van der Waals surface area contributed by atoms with E-state index >= 15 is 0 Å². The lowest BCUT2D eigenvalue weighted by molar-refractivity contribution is 1.27. The van der Waals surface area contributed by atoms with Gasteiger partial charge in [0.2, 0.25) is 0 Å². The molecule has 1 rings (SSSR count). The first-order chi connectivity index (χ1) is 4.84. The summed E-state index contributed by atoms with van der Waals surface area (Å²) < 4.78 is 0. The van der Waals surface area contributed by atoms with E-state index in [-0.39, 0.29) is 0 Å². The van der Waals surface area contributed by atoms with E-state index in [4.69, 9.17) is 11.6 Å². The van der Waals surface area contributed by atoms with E-state index in [1.54, 1.807) is 0 Å². The maximum atomic E-state index is 5.82. The topological polar surface area (TPSA) is 0 Å². The van der Waals surface area contributed by atoms with Crippen LogP contribution in [0.1, 0.15) is 5.56 Å². The molecule has 1 aromatic carbocycles. The Labute approximate surface area is 66.1 Å². The van der Waals surface area contributed by atoms with Gasteiger partial charge in [0.25, 0.3) is 0 Å². The third kappa shape index (κ3) is 1.61. The van der Waals surface area contributed by atoms with Gasteiger partial charge < -0.3 is 0 Å². The van der Waals surface area contributed by atoms with Crippen molar-refractivity contribution in [2.75, 3.05) is 0 Å². The molecule has 0 N–H and O–H groups in total. The normalized spacial score (nSPS) is 9.30. The summed E-state index contributed by atoms with van der Waals surface area (Å²) in [5.41, 5.74) is 1.01. The molecular weight excluding hydrogens is 144 g/mol. The fourth-order valence-electron chi connectivity index (χ4n) is 0.752. The Morgan fingerprint density at radius 2 is 2.50 bits per heavy atom. The summed E-state index contributed by atoms with van der Waals surface area (Å²) in [6.07, 6.45) is 2.61. The number of halogens is 1. The molecule has 1 radical (unpaired) electrons. The zero-order valence-electron chi connectivity index (χ0n) is 5.60. The number of benzene rings is 1. The van der Waals surface area contributed by atoms with Crippen molar-refractivity contribution in [2.45, 2.75) is 6.42 Å². The molecule has 0 bridgehead atoms. The van der Waals surface area contributed by atoms with Crippen molar-refractivity contribution in [3.8, 4) is 0 Å². The van der Waals surface area contributed by atoms with Gasteiger partial charge in [-0.05, 0) is 24.1 Å². The summed E-state index contributed by atoms with van der Waals surface area (Å²) in [6.45, 7) is 3.62. The van der Waals surface area contributed by atoms with Gasteiger partial charge in [-0.3, -0.25) is 0 Å². The standard InChI is InChI=1S/C9H8Cl/c1-2-5-8-6-3-4-7-9(8)10/h2-4,7H,1,5H2. The Hall–Kier alpha value is -0.750. The lowest BCUT2D eigenvalue weighted by Crippen LogP contribution is -1.80. The van der Waals surface area contributed by atoms with Crippen LogP contribution < -0.4 is 0 Å². The van der Waals surface area contributed by atoms with Crippen molar-refractivity contribution in [3.05, 3.63) is 47.5 Å². The molecule has 0 aliphatic carbocycles. The van der Waals surface area contributed by atoms with Crippen LogP contribution >= 0.6 is 11.6 Å². The van der Waals surface area contributed by atoms with Gasteiger partial charge >= 0.3 is 0 Å². The Morgan fingerprint density at radius 1 is 1.70 bits per heavy atom. The summed E-state index contributed by atoms with van der Waals surface area (Å²) in [7, 11) is 0. The fourth-order valence-corrected chi connectivity index (χ4v) is 0.956. The molecule has 0 aliphatic rings. The summed E-state index contributed by atoms with van der Waals surface area (Å²) in [6, 6.07) is 8.61. The molecule has 0 atom stereocenters. The van der Waals surface area contributed by atoms with Crippen LogP contribution in [0.2, 0.25) is 5.02 Å². The van der Waals surface area contributed by atoms with Gasteiger partial charge in [-0.1, -0.05) is 29.8 Å². The van der Waals surface area contributed by atoms with Gasteiger partial charge in [0.15, 0.2) is 0 Å². The molecule has 0 heterocycles. The van der Waals surface area contributed by atoms with E-state index < -0.39 is 0 Å². The molecule has 1 aromatic rings. The van der Waals surface area contributed by atoms with Gasteiger partial charge in [-0.15, -0.1) is 6.58 Å². The second kappa shape index (κ2) is 3.43. The summed E-state index contributed by atoms with van der Waals surface area (Å²) in [5.74, 6) is 0. The van der Waals surface area contributed by atoms with Crippen LogP contribution in [-0.4, -0.2) is 0 Å². The molecule has 0 aliphatic heterocycles. The first-order valence-electron chi connectivity index (χ1n) is 3.10. The monoisotopic (exact) mass is 151 g/mol. The highest BCUT2D eigenvalue weighted by molar-refractivity contribution is 6.31. The predicted molar refractivity (Wildman–Crippen MR) is 44.2 cm³/mol. The quantitative estimate of drug-likeness (QED) is 0.571. The van der Waals surface area contributed by atoms with Gasteiger partial charge in [0.1, 0.15) is 0 Å². The minimum absolute atomic E-state index is 0.766. The van der Waals surface area contributed by atoms with Crippen LogP contribution in [0.15, 0.2) is 30.9 Å². The van der Waals surface area contributed by atoms with Crippen molar-refractivity contribution in [1.29, 1.82) is 0 Å². The Morgan fingerprint density at radius 3 is 3.10 bits per heavy atom. The van der Waals surface area contributed by atoms with Gasteiger partial charge in [-0.2, -0.15) is 0 Å². The van der Waals surface area contributed by atoms with Crippen molar-refractivity contribution in [3.63, 3.8) is 0 Å². The molecule has 1 heteroatoms. The van der Waals surface area contributed by atoms with E-state index in [9.17, 15) is 0 Å². The van der Waals surface area contributed by atoms with E-state index in [1.807, 2.05) is 24.3 Å². The van der Waals surface area contributed by atoms with Crippen molar-refractivity contribution >= 4 is 11.6 Å². The molecule has 51 valence electrons. The maximum Gasteiger partial charge on any atom is 0.0447 e. The van der Waals surface area contributed by atoms with Gasteiger partial charge in [0.05, 0.1) is 0 Å². The SMILES string of the molecule is C=CCc1[c]cccc1Cl. The molecule has 0 saturated carbocycles. The minimum Gasteiger partial charge on any atom is -0.103 e. The third-order valence-corrected chi connectivity index (χ3v) is 1.59. The van der Waals surface area contributed by atoms with Crippen LogP contribution in [0.4, 0.5) is 0 Å². The zero-order chi connectivity index (χ0) is 7.40. The molecule has 0 amide bonds. The molecule has 0 aromatic heterocycles. The van der Waals surface area contributed by atoms with Crippen LogP contribution in [-0.2, 0) is 6.42 Å². The van der Waals surface area contributed by atoms with Crippen molar-refractivity contribution in [2.24, 2.45) is 0 Å². The average molecular weight is 152 g/mol. The maximum absolute atomic E-state index is 5.82. The third-order valence-electron chi connectivity index (χ3n) is 1.23. The second-order valence-electron chi connectivity index (χ2n) is 1.99. The van der Waals surface area contributed by atoms with Crippen molar-refractivity contribution in [1.82, 2.24) is 0 Å². The second-order valence-corrected chi connectivity index (χ2v) is 2.40. The Balaban J connectivity index is 2.91. The number of hydrogen-bond donors (Lipinski definition) is 0. The first-order valence-corrected chi connectivity index (χ1v) is 3.48. The van der Waals surface area contributed by atoms with E-state index in [1.165, 1.54) is 0 Å². The molecule has 0 unspecified atom stereocenters. The number of hydrogen-bond acceptors (Lipinski definition) is 0. The highest BCUT2D eigenvalue weighted by atomic mass is 35.5. The highest BCUT2D eigenvalue weighted by Crippen LogP contribution is 2.14. The Bertz CT molecular complexity index is 228. The van der Waals surface area contributed by atoms with Crippen LogP contribution in [0.25, 0.3) is 0 Å². The van der Waals surface area contributed by atoms with Gasteiger partial charge in [0, 0.05) is 5.02 Å². The summed E-state index contributed by atoms with van der Waals surface area (Å²) in [4.78, 5) is 0. The fraction of sp³-hybridized carbons (Fsp3) is 0.111. The molecule has 0 nitrogen and oxygen atoms in total. The van der Waals surface area contributed by atoms with Crippen LogP contribution in [0.3, 0.4) is 0 Å². The van der Waals surface area contributed by atoms with Gasteiger partial charge in [-0.25, -0.2) is 0 Å². The van der Waals surface area contributed by atoms with Crippen LogP contribution in [0.5, 0.6) is 0 Å². The largest absolute Gasteiger partial charge is 0.103 e. The summed E-state index contributed by atoms with van der Waals surface area (Å²) >= 11 is 5.82.